The van der Waals surface area contributed by atoms with E-state index in [2.05, 4.69) is 4.98 Å². The van der Waals surface area contributed by atoms with Crippen LogP contribution < -0.4 is 4.74 Å². The number of sulfonamides is 1. The molecular weight excluding hydrogens is 438 g/mol. The fourth-order valence-corrected chi connectivity index (χ4v) is 5.54. The Morgan fingerprint density at radius 2 is 1.84 bits per heavy atom. The number of aryl methyl sites for hydroxylation is 1. The van der Waals surface area contributed by atoms with Crippen LogP contribution in [0.25, 0.3) is 0 Å². The molecule has 0 N–H and O–H groups in total. The molecule has 0 unspecified atom stereocenters. The summed E-state index contributed by atoms with van der Waals surface area (Å²) in [6.45, 7) is 4.87. The third-order valence-electron chi connectivity index (χ3n) is 5.77. The zero-order valence-corrected chi connectivity index (χ0v) is 19.8. The number of ether oxygens (including phenoxy) is 1. The Bertz CT molecular complexity index is 1050. The van der Waals surface area contributed by atoms with Gasteiger partial charge < -0.3 is 9.64 Å². The molecule has 1 aliphatic rings. The number of amides is 1. The highest BCUT2D eigenvalue weighted by Crippen LogP contribution is 2.28. The number of piperidine rings is 1. The summed E-state index contributed by atoms with van der Waals surface area (Å²) >= 11 is 5.86. The average molecular weight is 466 g/mol. The van der Waals surface area contributed by atoms with Crippen LogP contribution in [0.15, 0.2) is 35.4 Å². The number of aromatic nitrogens is 1. The number of benzene rings is 1. The highest BCUT2D eigenvalue weighted by Gasteiger charge is 2.33. The quantitative estimate of drug-likeness (QED) is 0.653. The first-order valence-electron chi connectivity index (χ1n) is 10.1. The molecule has 0 saturated carbocycles. The maximum absolute atomic E-state index is 13.0. The van der Waals surface area contributed by atoms with Crippen LogP contribution in [0.4, 0.5) is 0 Å². The third kappa shape index (κ3) is 5.02. The Labute approximate surface area is 189 Å². The number of nitrogens with zero attached hydrogens (tertiary/aromatic N) is 3. The van der Waals surface area contributed by atoms with Gasteiger partial charge >= 0.3 is 0 Å². The van der Waals surface area contributed by atoms with Crippen molar-refractivity contribution < 1.29 is 17.9 Å². The van der Waals surface area contributed by atoms with Gasteiger partial charge in [-0.3, -0.25) is 9.78 Å². The molecule has 1 aromatic heterocycles. The number of carbonyl (C=O) groups excluding carboxylic acids is 1. The number of rotatable bonds is 6. The van der Waals surface area contributed by atoms with Gasteiger partial charge in [-0.2, -0.15) is 4.31 Å². The van der Waals surface area contributed by atoms with Crippen molar-refractivity contribution in [3.05, 3.63) is 52.3 Å². The second-order valence-corrected chi connectivity index (χ2v) is 10.2. The van der Waals surface area contributed by atoms with Crippen molar-refractivity contribution in [2.45, 2.75) is 38.1 Å². The van der Waals surface area contributed by atoms with Crippen LogP contribution in [0, 0.1) is 19.8 Å². The lowest BCUT2D eigenvalue weighted by Crippen LogP contribution is -2.43. The Morgan fingerprint density at radius 1 is 1.23 bits per heavy atom. The van der Waals surface area contributed by atoms with Gasteiger partial charge in [0.05, 0.1) is 24.2 Å². The normalized spacial score (nSPS) is 15.6. The highest BCUT2D eigenvalue weighted by molar-refractivity contribution is 7.89. The molecule has 1 amide bonds. The Hall–Kier alpha value is -2.16. The maximum Gasteiger partial charge on any atom is 0.243 e. The van der Waals surface area contributed by atoms with Gasteiger partial charge in [-0.15, -0.1) is 0 Å². The summed E-state index contributed by atoms with van der Waals surface area (Å²) in [6.07, 6.45) is 2.72. The van der Waals surface area contributed by atoms with E-state index in [0.717, 1.165) is 22.6 Å². The van der Waals surface area contributed by atoms with Crippen LogP contribution in [0.3, 0.4) is 0 Å². The van der Waals surface area contributed by atoms with Crippen LogP contribution in [-0.4, -0.2) is 55.8 Å². The van der Waals surface area contributed by atoms with E-state index in [4.69, 9.17) is 16.3 Å². The first-order chi connectivity index (χ1) is 14.6. The molecule has 9 heteroatoms. The molecule has 0 aliphatic carbocycles. The van der Waals surface area contributed by atoms with Crippen molar-refractivity contribution in [1.29, 1.82) is 0 Å². The Balaban J connectivity index is 1.63. The Kier molecular flexibility index (Phi) is 7.24. The van der Waals surface area contributed by atoms with Gasteiger partial charge in [-0.05, 0) is 51.0 Å². The second-order valence-electron chi connectivity index (χ2n) is 7.87. The summed E-state index contributed by atoms with van der Waals surface area (Å²) in [7, 11) is -0.207. The first-order valence-corrected chi connectivity index (χ1v) is 12.0. The summed E-state index contributed by atoms with van der Waals surface area (Å²) in [5.74, 6) is 0.574. The fraction of sp³-hybridized carbons (Fsp3) is 0.455. The molecule has 7 nitrogen and oxygen atoms in total. The summed E-state index contributed by atoms with van der Waals surface area (Å²) in [6, 6.07) is 6.15. The number of halogens is 1. The Morgan fingerprint density at radius 3 is 2.42 bits per heavy atom. The van der Waals surface area contributed by atoms with Gasteiger partial charge in [0, 0.05) is 48.4 Å². The fourth-order valence-electron chi connectivity index (χ4n) is 3.94. The first kappa shape index (κ1) is 23.5. The average Bonchev–Trinajstić information content (AvgIpc) is 2.76. The molecule has 1 aromatic carbocycles. The third-order valence-corrected chi connectivity index (χ3v) is 7.93. The molecule has 1 saturated heterocycles. The van der Waals surface area contributed by atoms with Gasteiger partial charge in [0.15, 0.2) is 0 Å². The van der Waals surface area contributed by atoms with Crippen molar-refractivity contribution in [2.24, 2.45) is 5.92 Å². The van der Waals surface area contributed by atoms with Crippen molar-refractivity contribution in [3.63, 3.8) is 0 Å². The predicted octanol–water partition coefficient (Wildman–Crippen LogP) is 3.42. The topological polar surface area (TPSA) is 79.8 Å². The van der Waals surface area contributed by atoms with E-state index in [9.17, 15) is 13.2 Å². The lowest BCUT2D eigenvalue weighted by atomic mass is 9.96. The zero-order chi connectivity index (χ0) is 22.8. The largest absolute Gasteiger partial charge is 0.496 e. The van der Waals surface area contributed by atoms with Crippen molar-refractivity contribution >= 4 is 27.5 Å². The van der Waals surface area contributed by atoms with Crippen LogP contribution >= 0.6 is 11.6 Å². The van der Waals surface area contributed by atoms with E-state index < -0.39 is 10.0 Å². The molecule has 1 aliphatic heterocycles. The number of pyridine rings is 1. The van der Waals surface area contributed by atoms with Gasteiger partial charge in [0.25, 0.3) is 0 Å². The zero-order valence-electron chi connectivity index (χ0n) is 18.3. The van der Waals surface area contributed by atoms with Gasteiger partial charge in [0.2, 0.25) is 15.9 Å². The van der Waals surface area contributed by atoms with E-state index in [1.165, 1.54) is 16.4 Å². The number of methoxy groups -OCH3 is 1. The lowest BCUT2D eigenvalue weighted by molar-refractivity contribution is -0.136. The molecule has 2 heterocycles. The monoisotopic (exact) mass is 465 g/mol. The summed E-state index contributed by atoms with van der Waals surface area (Å²) < 4.78 is 32.6. The molecule has 168 valence electrons. The van der Waals surface area contributed by atoms with Crippen LogP contribution in [0.5, 0.6) is 5.75 Å². The minimum Gasteiger partial charge on any atom is -0.496 e. The summed E-state index contributed by atoms with van der Waals surface area (Å²) in [4.78, 5) is 19.3. The van der Waals surface area contributed by atoms with Gasteiger partial charge in [-0.1, -0.05) is 11.6 Å². The number of carbonyl (C=O) groups is 1. The standard InChI is InChI=1S/C22H28ClN3O4S/c1-15-13-24-20(16(2)21(15)30-4)14-25(3)22(27)17-9-11-26(12-10-17)31(28,29)19-7-5-18(23)6-8-19/h5-8,13,17H,9-12,14H2,1-4H3. The minimum absolute atomic E-state index is 0.00397. The predicted molar refractivity (Wildman–Crippen MR) is 120 cm³/mol. The van der Waals surface area contributed by atoms with E-state index in [-0.39, 0.29) is 16.7 Å². The van der Waals surface area contributed by atoms with E-state index >= 15 is 0 Å². The smallest absolute Gasteiger partial charge is 0.243 e. The van der Waals surface area contributed by atoms with Crippen molar-refractivity contribution in [3.8, 4) is 5.75 Å². The number of hydrogen-bond donors (Lipinski definition) is 0. The number of hydrogen-bond acceptors (Lipinski definition) is 5. The molecule has 1 fully saturated rings. The molecule has 0 radical (unpaired) electrons. The summed E-state index contributed by atoms with van der Waals surface area (Å²) in [5.41, 5.74) is 2.67. The maximum atomic E-state index is 13.0. The molecule has 0 bridgehead atoms. The van der Waals surface area contributed by atoms with Crippen molar-refractivity contribution in [2.75, 3.05) is 27.2 Å². The molecule has 31 heavy (non-hydrogen) atoms. The van der Waals surface area contributed by atoms with E-state index in [1.807, 2.05) is 13.8 Å². The summed E-state index contributed by atoms with van der Waals surface area (Å²) in [5, 5.41) is 0.488. The molecule has 3 rings (SSSR count). The lowest BCUT2D eigenvalue weighted by Gasteiger charge is -2.32. The van der Waals surface area contributed by atoms with Crippen LogP contribution in [0.1, 0.15) is 29.7 Å². The van der Waals surface area contributed by atoms with Crippen LogP contribution in [-0.2, 0) is 21.4 Å². The van der Waals surface area contributed by atoms with Gasteiger partial charge in [-0.25, -0.2) is 8.42 Å². The van der Waals surface area contributed by atoms with E-state index in [0.29, 0.717) is 37.5 Å². The van der Waals surface area contributed by atoms with E-state index in [1.54, 1.807) is 37.4 Å². The molecule has 0 atom stereocenters. The van der Waals surface area contributed by atoms with Gasteiger partial charge in [0.1, 0.15) is 5.75 Å². The minimum atomic E-state index is -3.59. The van der Waals surface area contributed by atoms with Crippen molar-refractivity contribution in [1.82, 2.24) is 14.2 Å². The second kappa shape index (κ2) is 9.54. The molecular formula is C22H28ClN3O4S. The molecule has 2 aromatic rings. The highest BCUT2D eigenvalue weighted by atomic mass is 35.5. The van der Waals surface area contributed by atoms with Crippen LogP contribution in [0.2, 0.25) is 5.02 Å². The SMILES string of the molecule is COc1c(C)cnc(CN(C)C(=O)C2CCN(S(=O)(=O)c3ccc(Cl)cc3)CC2)c1C. The molecule has 0 spiro atoms.